The minimum absolute atomic E-state index is 0.303. The van der Waals surface area contributed by atoms with Crippen molar-refractivity contribution in [3.63, 3.8) is 0 Å². The summed E-state index contributed by atoms with van der Waals surface area (Å²) in [5, 5.41) is 13.3. The Morgan fingerprint density at radius 2 is 2.00 bits per heavy atom. The van der Waals surface area contributed by atoms with Crippen molar-refractivity contribution in [2.75, 3.05) is 18.4 Å². The third kappa shape index (κ3) is 3.24. The van der Waals surface area contributed by atoms with Crippen molar-refractivity contribution in [2.24, 2.45) is 0 Å². The van der Waals surface area contributed by atoms with Crippen molar-refractivity contribution in [3.8, 4) is 5.75 Å². The molecule has 7 nitrogen and oxygen atoms in total. The Balaban J connectivity index is 1.87. The van der Waals surface area contributed by atoms with Gasteiger partial charge in [-0.25, -0.2) is 15.0 Å². The maximum Gasteiger partial charge on any atom is 0.182 e. The molecular formula is C16H20N6O. The molecule has 0 saturated carbocycles. The van der Waals surface area contributed by atoms with Crippen LogP contribution in [0.25, 0.3) is 11.2 Å². The number of phenolic OH excluding ortho intramolecular Hbond substituents is 1. The maximum absolute atomic E-state index is 10.1. The fraction of sp³-hybridized carbons (Fsp3) is 0.312. The van der Waals surface area contributed by atoms with Crippen LogP contribution in [0.4, 0.5) is 11.5 Å². The predicted molar refractivity (Wildman–Crippen MR) is 89.7 cm³/mol. The van der Waals surface area contributed by atoms with Crippen molar-refractivity contribution >= 4 is 22.7 Å². The first-order chi connectivity index (χ1) is 11.2. The van der Waals surface area contributed by atoms with Gasteiger partial charge >= 0.3 is 0 Å². The van der Waals surface area contributed by atoms with E-state index in [9.17, 15) is 5.11 Å². The van der Waals surface area contributed by atoms with Crippen molar-refractivity contribution in [1.29, 1.82) is 0 Å². The molecule has 120 valence electrons. The number of H-pyrrole nitrogens is 1. The second kappa shape index (κ2) is 6.62. The van der Waals surface area contributed by atoms with Gasteiger partial charge in [0.15, 0.2) is 11.5 Å². The lowest BCUT2D eigenvalue weighted by atomic mass is 10.1. The highest BCUT2D eigenvalue weighted by molar-refractivity contribution is 5.84. The zero-order chi connectivity index (χ0) is 16.2. The van der Waals surface area contributed by atoms with Gasteiger partial charge in [-0.1, -0.05) is 13.8 Å². The number of nitrogens with one attached hydrogen (secondary N) is 2. The van der Waals surface area contributed by atoms with Gasteiger partial charge in [0.05, 0.1) is 6.33 Å². The first kappa shape index (κ1) is 15.2. The predicted octanol–water partition coefficient (Wildman–Crippen LogP) is 2.64. The molecule has 0 saturated heterocycles. The molecule has 23 heavy (non-hydrogen) atoms. The Kier molecular flexibility index (Phi) is 4.38. The van der Waals surface area contributed by atoms with Gasteiger partial charge in [-0.2, -0.15) is 0 Å². The van der Waals surface area contributed by atoms with Crippen molar-refractivity contribution < 1.29 is 5.11 Å². The quantitative estimate of drug-likeness (QED) is 0.606. The molecule has 0 unspecified atom stereocenters. The number of benzene rings is 1. The molecule has 3 N–H and O–H groups in total. The highest BCUT2D eigenvalue weighted by Gasteiger charge is 2.10. The van der Waals surface area contributed by atoms with Crippen molar-refractivity contribution in [2.45, 2.75) is 20.4 Å². The van der Waals surface area contributed by atoms with Crippen LogP contribution in [0.2, 0.25) is 0 Å². The zero-order valence-corrected chi connectivity index (χ0v) is 13.2. The second-order valence-electron chi connectivity index (χ2n) is 5.25. The summed E-state index contributed by atoms with van der Waals surface area (Å²) in [4.78, 5) is 17.7. The van der Waals surface area contributed by atoms with Crippen LogP contribution in [0.1, 0.15) is 19.4 Å². The van der Waals surface area contributed by atoms with E-state index in [2.05, 4.69) is 44.0 Å². The minimum atomic E-state index is 0.303. The normalized spacial score (nSPS) is 11.3. The molecule has 7 heteroatoms. The van der Waals surface area contributed by atoms with Crippen LogP contribution in [-0.2, 0) is 6.54 Å². The molecule has 0 amide bonds. The lowest BCUT2D eigenvalue weighted by Crippen LogP contribution is -2.22. The standard InChI is InChI=1S/C16H20N6O/c1-3-22(4-2)8-11-7-12(5-6-13(11)23)21-16-14-15(18-9-17-14)19-10-20-16/h5-7,9-10,23H,3-4,8H2,1-2H3,(H2,17,18,19,20,21). The number of aromatic amines is 1. The first-order valence-electron chi connectivity index (χ1n) is 7.66. The summed E-state index contributed by atoms with van der Waals surface area (Å²) in [6, 6.07) is 5.47. The number of phenols is 1. The van der Waals surface area contributed by atoms with Gasteiger partial charge in [0, 0.05) is 17.8 Å². The van der Waals surface area contributed by atoms with Gasteiger partial charge in [-0.15, -0.1) is 0 Å². The lowest BCUT2D eigenvalue weighted by Gasteiger charge is -2.19. The van der Waals surface area contributed by atoms with E-state index in [0.717, 1.165) is 29.9 Å². The number of nitrogens with zero attached hydrogens (tertiary/aromatic N) is 4. The molecule has 0 aliphatic heterocycles. The van der Waals surface area contributed by atoms with Crippen LogP contribution in [-0.4, -0.2) is 43.0 Å². The summed E-state index contributed by atoms with van der Waals surface area (Å²) in [7, 11) is 0. The van der Waals surface area contributed by atoms with E-state index >= 15 is 0 Å². The summed E-state index contributed by atoms with van der Waals surface area (Å²) in [6.45, 7) is 6.80. The molecule has 3 rings (SSSR count). The van der Waals surface area contributed by atoms with Crippen LogP contribution >= 0.6 is 0 Å². The van der Waals surface area contributed by atoms with E-state index in [1.165, 1.54) is 6.33 Å². The van der Waals surface area contributed by atoms with Crippen LogP contribution < -0.4 is 5.32 Å². The van der Waals surface area contributed by atoms with Crippen LogP contribution in [0.15, 0.2) is 30.9 Å². The molecule has 0 atom stereocenters. The average molecular weight is 312 g/mol. The number of imidazole rings is 1. The van der Waals surface area contributed by atoms with Gasteiger partial charge in [0.1, 0.15) is 17.6 Å². The Bertz CT molecular complexity index is 796. The van der Waals surface area contributed by atoms with E-state index in [4.69, 9.17) is 0 Å². The SMILES string of the molecule is CCN(CC)Cc1cc(Nc2ncnc3nc[nH]c23)ccc1O. The van der Waals surface area contributed by atoms with Crippen molar-refractivity contribution in [1.82, 2.24) is 24.8 Å². The molecule has 0 fully saturated rings. The molecule has 0 spiro atoms. The van der Waals surface area contributed by atoms with Crippen LogP contribution in [0.3, 0.4) is 0 Å². The Labute approximate surface area is 134 Å². The topological polar surface area (TPSA) is 90.0 Å². The Hall–Kier alpha value is -2.67. The monoisotopic (exact) mass is 312 g/mol. The Morgan fingerprint density at radius 3 is 2.78 bits per heavy atom. The fourth-order valence-electron chi connectivity index (χ4n) is 2.47. The molecule has 2 aromatic heterocycles. The van der Waals surface area contributed by atoms with Crippen LogP contribution in [0, 0.1) is 0 Å². The number of hydrogen-bond donors (Lipinski definition) is 3. The number of hydrogen-bond acceptors (Lipinski definition) is 6. The molecule has 2 heterocycles. The summed E-state index contributed by atoms with van der Waals surface area (Å²) < 4.78 is 0. The summed E-state index contributed by atoms with van der Waals surface area (Å²) in [5.74, 6) is 0.962. The van der Waals surface area contributed by atoms with Gasteiger partial charge < -0.3 is 15.4 Å². The fourth-order valence-corrected chi connectivity index (χ4v) is 2.47. The summed E-state index contributed by atoms with van der Waals surface area (Å²) in [6.07, 6.45) is 3.07. The lowest BCUT2D eigenvalue weighted by molar-refractivity contribution is 0.291. The van der Waals surface area contributed by atoms with Gasteiger partial charge in [0.25, 0.3) is 0 Å². The molecule has 0 radical (unpaired) electrons. The minimum Gasteiger partial charge on any atom is -0.508 e. The number of anilines is 2. The molecule has 1 aromatic carbocycles. The van der Waals surface area contributed by atoms with E-state index in [1.54, 1.807) is 12.4 Å². The molecule has 0 aliphatic carbocycles. The number of fused-ring (bicyclic) bond motifs is 1. The smallest absolute Gasteiger partial charge is 0.182 e. The number of rotatable bonds is 6. The highest BCUT2D eigenvalue weighted by atomic mass is 16.3. The maximum atomic E-state index is 10.1. The molecular weight excluding hydrogens is 292 g/mol. The van der Waals surface area contributed by atoms with Crippen LogP contribution in [0.5, 0.6) is 5.75 Å². The Morgan fingerprint density at radius 1 is 1.17 bits per heavy atom. The van der Waals surface area contributed by atoms with E-state index in [1.807, 2.05) is 12.1 Å². The number of aromatic nitrogens is 4. The third-order valence-corrected chi connectivity index (χ3v) is 3.85. The summed E-state index contributed by atoms with van der Waals surface area (Å²) >= 11 is 0. The van der Waals surface area contributed by atoms with Gasteiger partial charge in [-0.05, 0) is 31.3 Å². The summed E-state index contributed by atoms with van der Waals surface area (Å²) in [5.41, 5.74) is 3.11. The first-order valence-corrected chi connectivity index (χ1v) is 7.66. The largest absolute Gasteiger partial charge is 0.508 e. The van der Waals surface area contributed by atoms with E-state index < -0.39 is 0 Å². The highest BCUT2D eigenvalue weighted by Crippen LogP contribution is 2.26. The van der Waals surface area contributed by atoms with Gasteiger partial charge in [-0.3, -0.25) is 4.90 Å². The third-order valence-electron chi connectivity index (χ3n) is 3.85. The molecule has 0 aliphatic rings. The second-order valence-corrected chi connectivity index (χ2v) is 5.25. The zero-order valence-electron chi connectivity index (χ0n) is 13.2. The molecule has 0 bridgehead atoms. The van der Waals surface area contributed by atoms with Crippen molar-refractivity contribution in [3.05, 3.63) is 36.4 Å². The van der Waals surface area contributed by atoms with Gasteiger partial charge in [0.2, 0.25) is 0 Å². The van der Waals surface area contributed by atoms with E-state index in [0.29, 0.717) is 23.8 Å². The average Bonchev–Trinajstić information content (AvgIpc) is 3.05. The molecule has 3 aromatic rings. The van der Waals surface area contributed by atoms with E-state index in [-0.39, 0.29) is 0 Å². The number of aromatic hydroxyl groups is 1.